The van der Waals surface area contributed by atoms with Crippen LogP contribution in [-0.4, -0.2) is 20.7 Å². The Morgan fingerprint density at radius 3 is 2.07 bits per heavy atom. The molecular formula is C22H24N2O6. The number of Topliss-reactive ketones (excluding diaryl/α,β-unsaturated/α-hetero) is 1. The van der Waals surface area contributed by atoms with Crippen LogP contribution in [0.2, 0.25) is 0 Å². The number of aryl methyl sites for hydroxylation is 2. The molecule has 2 aromatic carbocycles. The van der Waals surface area contributed by atoms with Crippen molar-refractivity contribution < 1.29 is 19.7 Å². The zero-order valence-electron chi connectivity index (χ0n) is 16.6. The number of nitrogens with zero attached hydrogens (tertiary/aromatic N) is 2. The molecule has 30 heavy (non-hydrogen) atoms. The van der Waals surface area contributed by atoms with Crippen molar-refractivity contribution in [2.75, 3.05) is 0 Å². The van der Waals surface area contributed by atoms with Gasteiger partial charge >= 0.3 is 0 Å². The molecule has 0 amide bonds. The van der Waals surface area contributed by atoms with Crippen LogP contribution in [-0.2, 0) is 12.8 Å². The maximum atomic E-state index is 11.7. The van der Waals surface area contributed by atoms with Crippen molar-refractivity contribution in [1.29, 1.82) is 0 Å². The molecule has 2 aliphatic rings. The molecule has 0 aliphatic heterocycles. The number of aliphatic hydroxyl groups excluding tert-OH is 1. The Morgan fingerprint density at radius 2 is 1.37 bits per heavy atom. The molecule has 2 aromatic rings. The lowest BCUT2D eigenvalue weighted by molar-refractivity contribution is -0.385. The normalized spacial score (nSPS) is 18.0. The summed E-state index contributed by atoms with van der Waals surface area (Å²) in [5, 5.41) is 31.0. The molecule has 1 atom stereocenters. The number of hydrogen-bond acceptors (Lipinski definition) is 6. The highest BCUT2D eigenvalue weighted by molar-refractivity contribution is 5.98. The highest BCUT2D eigenvalue weighted by Gasteiger charge is 2.20. The molecule has 1 unspecified atom stereocenters. The molecule has 8 heteroatoms. The summed E-state index contributed by atoms with van der Waals surface area (Å²) in [7, 11) is 0. The van der Waals surface area contributed by atoms with E-state index in [1.54, 1.807) is 12.1 Å². The number of rotatable bonds is 2. The summed E-state index contributed by atoms with van der Waals surface area (Å²) in [6.45, 7) is 0. The second kappa shape index (κ2) is 9.58. The predicted octanol–water partition coefficient (Wildman–Crippen LogP) is 4.86. The van der Waals surface area contributed by atoms with Crippen molar-refractivity contribution in [3.63, 3.8) is 0 Å². The monoisotopic (exact) mass is 412 g/mol. The van der Waals surface area contributed by atoms with E-state index in [2.05, 4.69) is 0 Å². The molecule has 0 saturated carbocycles. The molecule has 0 radical (unpaired) electrons. The number of aliphatic hydroxyl groups is 1. The zero-order chi connectivity index (χ0) is 21.7. The number of carbonyl (C=O) groups is 1. The highest BCUT2D eigenvalue weighted by atomic mass is 16.6. The Hall–Kier alpha value is -3.13. The van der Waals surface area contributed by atoms with Crippen LogP contribution in [0.15, 0.2) is 36.4 Å². The van der Waals surface area contributed by atoms with E-state index in [-0.39, 0.29) is 17.2 Å². The number of nitro benzene ring substituents is 2. The minimum Gasteiger partial charge on any atom is -0.388 e. The van der Waals surface area contributed by atoms with E-state index in [0.29, 0.717) is 18.4 Å². The van der Waals surface area contributed by atoms with E-state index in [0.717, 1.165) is 55.2 Å². The summed E-state index contributed by atoms with van der Waals surface area (Å²) in [4.78, 5) is 32.0. The summed E-state index contributed by atoms with van der Waals surface area (Å²) in [6, 6.07) is 9.36. The number of nitro groups is 2. The average molecular weight is 412 g/mol. The first kappa shape index (κ1) is 21.6. The third-order valence-electron chi connectivity index (χ3n) is 5.58. The van der Waals surface area contributed by atoms with Gasteiger partial charge in [-0.05, 0) is 55.2 Å². The number of fused-ring (bicyclic) bond motifs is 2. The molecule has 4 rings (SSSR count). The number of carbonyl (C=O) groups excluding carboxylic acids is 1. The Labute approximate surface area is 173 Å². The van der Waals surface area contributed by atoms with Gasteiger partial charge in [0.05, 0.1) is 16.0 Å². The molecule has 0 bridgehead atoms. The average Bonchev–Trinajstić information content (AvgIpc) is 3.03. The van der Waals surface area contributed by atoms with Gasteiger partial charge in [0, 0.05) is 36.2 Å². The smallest absolute Gasteiger partial charge is 0.270 e. The van der Waals surface area contributed by atoms with Gasteiger partial charge in [0.25, 0.3) is 11.4 Å². The predicted molar refractivity (Wildman–Crippen MR) is 111 cm³/mol. The summed E-state index contributed by atoms with van der Waals surface area (Å²) in [5.41, 5.74) is 3.34. The van der Waals surface area contributed by atoms with Crippen LogP contribution in [0.4, 0.5) is 11.4 Å². The van der Waals surface area contributed by atoms with Crippen LogP contribution in [0, 0.1) is 20.2 Å². The number of ketones is 1. The second-order valence-corrected chi connectivity index (χ2v) is 7.63. The molecule has 8 nitrogen and oxygen atoms in total. The third kappa shape index (κ3) is 5.07. The minimum atomic E-state index is -0.539. The molecule has 0 saturated heterocycles. The van der Waals surface area contributed by atoms with Crippen LogP contribution in [0.5, 0.6) is 0 Å². The molecule has 0 aromatic heterocycles. The summed E-state index contributed by atoms with van der Waals surface area (Å²) < 4.78 is 0. The molecule has 1 N–H and O–H groups in total. The topological polar surface area (TPSA) is 124 Å². The van der Waals surface area contributed by atoms with Crippen molar-refractivity contribution in [1.82, 2.24) is 0 Å². The van der Waals surface area contributed by atoms with Gasteiger partial charge in [-0.3, -0.25) is 25.0 Å². The van der Waals surface area contributed by atoms with Crippen molar-refractivity contribution in [3.05, 3.63) is 78.9 Å². The lowest BCUT2D eigenvalue weighted by Crippen LogP contribution is -2.01. The van der Waals surface area contributed by atoms with E-state index in [1.165, 1.54) is 24.3 Å². The van der Waals surface area contributed by atoms with Crippen molar-refractivity contribution in [2.45, 2.75) is 57.5 Å². The third-order valence-corrected chi connectivity index (χ3v) is 5.58. The Bertz CT molecular complexity index is 972. The van der Waals surface area contributed by atoms with Gasteiger partial charge in [0.1, 0.15) is 0 Å². The SMILES string of the molecule is O=C1CCCCc2ccc([N+](=O)[O-])cc21.O=[N+]([O-])c1ccc2c(c1)C(O)CCCC2. The largest absolute Gasteiger partial charge is 0.388 e. The lowest BCUT2D eigenvalue weighted by Gasteiger charge is -2.10. The molecule has 2 aliphatic carbocycles. The van der Waals surface area contributed by atoms with E-state index in [1.807, 2.05) is 0 Å². The standard InChI is InChI=1S/C11H13NO3.C11H11NO3/c2*13-11-4-2-1-3-8-5-6-9(12(14)15)7-10(8)11/h5-7,11,13H,1-4H2;5-7H,1-4H2. The van der Waals surface area contributed by atoms with Crippen LogP contribution in [0.1, 0.15) is 71.7 Å². The number of benzene rings is 2. The minimum absolute atomic E-state index is 0.00370. The number of hydrogen-bond donors (Lipinski definition) is 1. The maximum absolute atomic E-state index is 11.7. The summed E-state index contributed by atoms with van der Waals surface area (Å²) in [6.07, 6.45) is 6.30. The van der Waals surface area contributed by atoms with E-state index < -0.39 is 16.0 Å². The molecule has 0 fully saturated rings. The molecule has 158 valence electrons. The zero-order valence-corrected chi connectivity index (χ0v) is 16.6. The molecule has 0 heterocycles. The highest BCUT2D eigenvalue weighted by Crippen LogP contribution is 2.31. The van der Waals surface area contributed by atoms with E-state index >= 15 is 0 Å². The van der Waals surface area contributed by atoms with Crippen molar-refractivity contribution in [3.8, 4) is 0 Å². The quantitative estimate of drug-likeness (QED) is 0.427. The van der Waals surface area contributed by atoms with Gasteiger partial charge in [0.2, 0.25) is 0 Å². The van der Waals surface area contributed by atoms with Crippen LogP contribution in [0.3, 0.4) is 0 Å². The fraction of sp³-hybridized carbons (Fsp3) is 0.409. The summed E-state index contributed by atoms with van der Waals surface area (Å²) >= 11 is 0. The first-order valence-electron chi connectivity index (χ1n) is 10.1. The first-order chi connectivity index (χ1) is 14.4. The van der Waals surface area contributed by atoms with Gasteiger partial charge in [0.15, 0.2) is 5.78 Å². The lowest BCUT2D eigenvalue weighted by atomic mass is 10.0. The van der Waals surface area contributed by atoms with Crippen molar-refractivity contribution >= 4 is 17.2 Å². The van der Waals surface area contributed by atoms with Crippen LogP contribution >= 0.6 is 0 Å². The van der Waals surface area contributed by atoms with Gasteiger partial charge in [-0.15, -0.1) is 0 Å². The van der Waals surface area contributed by atoms with Crippen LogP contribution < -0.4 is 0 Å². The Kier molecular flexibility index (Phi) is 6.89. The molecule has 0 spiro atoms. The molecular weight excluding hydrogens is 388 g/mol. The van der Waals surface area contributed by atoms with Gasteiger partial charge in [-0.25, -0.2) is 0 Å². The van der Waals surface area contributed by atoms with Crippen molar-refractivity contribution in [2.24, 2.45) is 0 Å². The van der Waals surface area contributed by atoms with Gasteiger partial charge in [-0.2, -0.15) is 0 Å². The van der Waals surface area contributed by atoms with E-state index in [9.17, 15) is 30.1 Å². The fourth-order valence-electron chi connectivity index (χ4n) is 3.93. The van der Waals surface area contributed by atoms with Gasteiger partial charge < -0.3 is 5.11 Å². The van der Waals surface area contributed by atoms with Gasteiger partial charge in [-0.1, -0.05) is 18.6 Å². The number of non-ortho nitro benzene ring substituents is 2. The summed E-state index contributed by atoms with van der Waals surface area (Å²) in [5.74, 6) is 0.0335. The maximum Gasteiger partial charge on any atom is 0.270 e. The van der Waals surface area contributed by atoms with Crippen LogP contribution in [0.25, 0.3) is 0 Å². The van der Waals surface area contributed by atoms with E-state index in [4.69, 9.17) is 0 Å². The Balaban J connectivity index is 0.000000171. The Morgan fingerprint density at radius 1 is 0.800 bits per heavy atom. The fourth-order valence-corrected chi connectivity index (χ4v) is 3.93. The second-order valence-electron chi connectivity index (χ2n) is 7.63. The first-order valence-corrected chi connectivity index (χ1v) is 10.1.